The number of halogens is 4. The lowest BCUT2D eigenvalue weighted by Gasteiger charge is -2.39. The second kappa shape index (κ2) is 8.50. The van der Waals surface area contributed by atoms with E-state index >= 15 is 0 Å². The molecule has 0 heterocycles. The highest BCUT2D eigenvalue weighted by molar-refractivity contribution is 9.09. The second-order valence-electron chi connectivity index (χ2n) is 5.75. The van der Waals surface area contributed by atoms with E-state index in [1.54, 1.807) is 4.90 Å². The van der Waals surface area contributed by atoms with Gasteiger partial charge in [-0.2, -0.15) is 13.2 Å². The number of rotatable bonds is 9. The van der Waals surface area contributed by atoms with Crippen molar-refractivity contribution >= 4 is 15.9 Å². The average Bonchev–Trinajstić information content (AvgIpc) is 2.26. The molecule has 5 heteroatoms. The molecule has 19 heavy (non-hydrogen) atoms. The summed E-state index contributed by atoms with van der Waals surface area (Å²) in [4.78, 5) is 1.56. The van der Waals surface area contributed by atoms with Crippen LogP contribution in [0.5, 0.6) is 0 Å². The van der Waals surface area contributed by atoms with Gasteiger partial charge in [0.2, 0.25) is 0 Å². The predicted molar refractivity (Wildman–Crippen MR) is 78.8 cm³/mol. The lowest BCUT2D eigenvalue weighted by Crippen LogP contribution is -2.46. The minimum Gasteiger partial charge on any atom is -0.292 e. The largest absolute Gasteiger partial charge is 0.401 e. The van der Waals surface area contributed by atoms with Gasteiger partial charge in [-0.25, -0.2) is 0 Å². The maximum Gasteiger partial charge on any atom is 0.401 e. The summed E-state index contributed by atoms with van der Waals surface area (Å²) in [5.74, 6) is 0. The van der Waals surface area contributed by atoms with Crippen molar-refractivity contribution in [2.24, 2.45) is 5.41 Å². The molecule has 0 aliphatic carbocycles. The van der Waals surface area contributed by atoms with Crippen molar-refractivity contribution in [3.63, 3.8) is 0 Å². The standard InChI is InChI=1S/C14H27BrF3N/c1-5-7-13(9-15,8-6-2)10-19(12(3)4)11-14(16,17)18/h12H,5-11H2,1-4H3. The van der Waals surface area contributed by atoms with Gasteiger partial charge in [-0.15, -0.1) is 0 Å². The Bertz CT molecular complexity index is 235. The normalized spacial score (nSPS) is 13.6. The molecule has 0 unspecified atom stereocenters. The Morgan fingerprint density at radius 2 is 1.47 bits per heavy atom. The summed E-state index contributed by atoms with van der Waals surface area (Å²) in [7, 11) is 0. The van der Waals surface area contributed by atoms with Crippen LogP contribution in [0.4, 0.5) is 13.2 Å². The molecule has 0 saturated carbocycles. The van der Waals surface area contributed by atoms with E-state index in [9.17, 15) is 13.2 Å². The van der Waals surface area contributed by atoms with Crippen LogP contribution in [0.3, 0.4) is 0 Å². The van der Waals surface area contributed by atoms with Crippen LogP contribution in [0.15, 0.2) is 0 Å². The van der Waals surface area contributed by atoms with E-state index in [1.807, 2.05) is 13.8 Å². The fourth-order valence-corrected chi connectivity index (χ4v) is 3.34. The van der Waals surface area contributed by atoms with Crippen LogP contribution in [0.1, 0.15) is 53.4 Å². The Kier molecular flexibility index (Phi) is 8.60. The Morgan fingerprint density at radius 1 is 1.00 bits per heavy atom. The first kappa shape index (κ1) is 19.2. The highest BCUT2D eigenvalue weighted by atomic mass is 79.9. The van der Waals surface area contributed by atoms with Crippen molar-refractivity contribution < 1.29 is 13.2 Å². The number of alkyl halides is 4. The van der Waals surface area contributed by atoms with Gasteiger partial charge in [-0.1, -0.05) is 42.6 Å². The van der Waals surface area contributed by atoms with Crippen molar-refractivity contribution in [1.29, 1.82) is 0 Å². The lowest BCUT2D eigenvalue weighted by molar-refractivity contribution is -0.153. The van der Waals surface area contributed by atoms with E-state index in [4.69, 9.17) is 0 Å². The molecule has 0 aromatic heterocycles. The smallest absolute Gasteiger partial charge is 0.292 e. The fraction of sp³-hybridized carbons (Fsp3) is 1.00. The molecule has 1 nitrogen and oxygen atoms in total. The van der Waals surface area contributed by atoms with E-state index in [1.165, 1.54) is 0 Å². The van der Waals surface area contributed by atoms with Crippen LogP contribution in [0.25, 0.3) is 0 Å². The summed E-state index contributed by atoms with van der Waals surface area (Å²) in [5, 5.41) is 0.767. The van der Waals surface area contributed by atoms with Crippen LogP contribution in [-0.2, 0) is 0 Å². The molecule has 0 atom stereocenters. The number of hydrogen-bond acceptors (Lipinski definition) is 1. The predicted octanol–water partition coefficient (Wildman–Crippen LogP) is 5.24. The van der Waals surface area contributed by atoms with E-state index in [0.717, 1.165) is 31.0 Å². The van der Waals surface area contributed by atoms with Gasteiger partial charge >= 0.3 is 6.18 Å². The Morgan fingerprint density at radius 3 is 1.74 bits per heavy atom. The topological polar surface area (TPSA) is 3.24 Å². The highest BCUT2D eigenvalue weighted by Gasteiger charge is 2.36. The molecule has 0 N–H and O–H groups in total. The number of hydrogen-bond donors (Lipinski definition) is 0. The van der Waals surface area contributed by atoms with Crippen LogP contribution < -0.4 is 0 Å². The molecule has 0 rings (SSSR count). The van der Waals surface area contributed by atoms with E-state index < -0.39 is 12.7 Å². The molecular formula is C14H27BrF3N. The van der Waals surface area contributed by atoms with E-state index in [0.29, 0.717) is 6.54 Å². The summed E-state index contributed by atoms with van der Waals surface area (Å²) in [6.07, 6.45) is -0.186. The molecule has 116 valence electrons. The van der Waals surface area contributed by atoms with Crippen molar-refractivity contribution in [2.45, 2.75) is 65.6 Å². The van der Waals surface area contributed by atoms with Gasteiger partial charge in [-0.3, -0.25) is 4.90 Å². The first-order valence-electron chi connectivity index (χ1n) is 7.06. The monoisotopic (exact) mass is 345 g/mol. The van der Waals surface area contributed by atoms with Crippen LogP contribution in [0, 0.1) is 5.41 Å². The van der Waals surface area contributed by atoms with Gasteiger partial charge < -0.3 is 0 Å². The van der Waals surface area contributed by atoms with Gasteiger partial charge in [0, 0.05) is 17.9 Å². The molecule has 0 aliphatic rings. The van der Waals surface area contributed by atoms with Gasteiger partial charge in [0.1, 0.15) is 0 Å². The fourth-order valence-electron chi connectivity index (χ4n) is 2.60. The molecule has 0 fully saturated rings. The first-order valence-corrected chi connectivity index (χ1v) is 8.18. The Balaban J connectivity index is 4.92. The summed E-state index contributed by atoms with van der Waals surface area (Å²) in [6.45, 7) is 7.56. The van der Waals surface area contributed by atoms with Crippen LogP contribution in [-0.4, -0.2) is 35.5 Å². The van der Waals surface area contributed by atoms with Gasteiger partial charge in [0.15, 0.2) is 0 Å². The zero-order chi connectivity index (χ0) is 15.1. The average molecular weight is 346 g/mol. The minimum atomic E-state index is -4.12. The lowest BCUT2D eigenvalue weighted by atomic mass is 9.80. The third-order valence-corrected chi connectivity index (χ3v) is 4.68. The summed E-state index contributed by atoms with van der Waals surface area (Å²) in [5.41, 5.74) is -0.0426. The molecule has 0 aromatic carbocycles. The van der Waals surface area contributed by atoms with Crippen molar-refractivity contribution in [3.8, 4) is 0 Å². The molecule has 0 aliphatic heterocycles. The zero-order valence-electron chi connectivity index (χ0n) is 12.5. The zero-order valence-corrected chi connectivity index (χ0v) is 14.1. The molecule has 0 spiro atoms. The van der Waals surface area contributed by atoms with Gasteiger partial charge in [0.25, 0.3) is 0 Å². The maximum atomic E-state index is 12.7. The molecular weight excluding hydrogens is 319 g/mol. The first-order chi connectivity index (χ1) is 8.69. The van der Waals surface area contributed by atoms with Crippen LogP contribution >= 0.6 is 15.9 Å². The maximum absolute atomic E-state index is 12.7. The molecule has 0 amide bonds. The third kappa shape index (κ3) is 7.54. The quantitative estimate of drug-likeness (QED) is 0.516. The van der Waals surface area contributed by atoms with Crippen molar-refractivity contribution in [3.05, 3.63) is 0 Å². The third-order valence-electron chi connectivity index (χ3n) is 3.50. The summed E-state index contributed by atoms with van der Waals surface area (Å²) in [6, 6.07) is -0.0891. The SMILES string of the molecule is CCCC(CBr)(CCC)CN(CC(F)(F)F)C(C)C. The second-order valence-corrected chi connectivity index (χ2v) is 6.31. The van der Waals surface area contributed by atoms with Gasteiger partial charge in [0.05, 0.1) is 6.54 Å². The Hall–Kier alpha value is 0.230. The number of nitrogens with zero attached hydrogens (tertiary/aromatic N) is 1. The van der Waals surface area contributed by atoms with Crippen LogP contribution in [0.2, 0.25) is 0 Å². The summed E-state index contributed by atoms with van der Waals surface area (Å²) >= 11 is 3.52. The van der Waals surface area contributed by atoms with Crippen molar-refractivity contribution in [1.82, 2.24) is 4.90 Å². The van der Waals surface area contributed by atoms with E-state index in [2.05, 4.69) is 29.8 Å². The van der Waals surface area contributed by atoms with Crippen molar-refractivity contribution in [2.75, 3.05) is 18.4 Å². The molecule has 0 radical (unpaired) electrons. The molecule has 0 aromatic rings. The highest BCUT2D eigenvalue weighted by Crippen LogP contribution is 2.34. The Labute approximate surface area is 124 Å². The molecule has 0 bridgehead atoms. The summed E-state index contributed by atoms with van der Waals surface area (Å²) < 4.78 is 38.0. The van der Waals surface area contributed by atoms with E-state index in [-0.39, 0.29) is 11.5 Å². The van der Waals surface area contributed by atoms with Gasteiger partial charge in [-0.05, 0) is 32.1 Å². The minimum absolute atomic E-state index is 0.0426. The molecule has 0 saturated heterocycles.